The number of benzene rings is 3. The molecular weight excluding hydrogens is 444 g/mol. The van der Waals surface area contributed by atoms with Crippen LogP contribution in [0.1, 0.15) is 16.7 Å². The fourth-order valence-corrected chi connectivity index (χ4v) is 4.15. The van der Waals surface area contributed by atoms with Crippen LogP contribution in [0.25, 0.3) is 6.08 Å². The number of para-hydroxylation sites is 1. The molecule has 3 aromatic carbocycles. The molecule has 0 unspecified atom stereocenters. The minimum atomic E-state index is -0.209. The summed E-state index contributed by atoms with van der Waals surface area (Å²) in [5.74, 6) is 1.03. The van der Waals surface area contributed by atoms with Crippen molar-refractivity contribution in [2.24, 2.45) is 4.99 Å². The molecule has 1 fully saturated rings. The standard InChI is InChI=1S/C25H21ClN2O3S/c1-16-6-5-7-18(12-16)15-31-21-11-10-17(13-22(21)30-2)14-23-24(29)28-25(32-23)27-20-9-4-3-8-19(20)26/h3-14H,15H2,1-2H3,(H,27,28,29)/b23-14+. The van der Waals surface area contributed by atoms with E-state index in [2.05, 4.69) is 16.4 Å². The lowest BCUT2D eigenvalue weighted by Crippen LogP contribution is -2.19. The third kappa shape index (κ3) is 5.33. The number of amidine groups is 1. The number of ether oxygens (including phenoxy) is 2. The molecule has 1 aliphatic rings. The molecule has 0 aliphatic carbocycles. The summed E-state index contributed by atoms with van der Waals surface area (Å²) < 4.78 is 11.5. The lowest BCUT2D eigenvalue weighted by molar-refractivity contribution is -0.115. The molecule has 4 rings (SSSR count). The van der Waals surface area contributed by atoms with E-state index < -0.39 is 0 Å². The van der Waals surface area contributed by atoms with Crippen LogP contribution in [0, 0.1) is 6.92 Å². The predicted molar refractivity (Wildman–Crippen MR) is 131 cm³/mol. The number of thioether (sulfide) groups is 1. The summed E-state index contributed by atoms with van der Waals surface area (Å²) in [6.07, 6.45) is 1.79. The van der Waals surface area contributed by atoms with E-state index in [0.717, 1.165) is 11.1 Å². The van der Waals surface area contributed by atoms with E-state index in [-0.39, 0.29) is 5.91 Å². The van der Waals surface area contributed by atoms with Gasteiger partial charge in [0.05, 0.1) is 22.7 Å². The molecule has 5 nitrogen and oxygen atoms in total. The van der Waals surface area contributed by atoms with Crippen molar-refractivity contribution in [1.82, 2.24) is 5.32 Å². The first kappa shape index (κ1) is 22.0. The van der Waals surface area contributed by atoms with Gasteiger partial charge in [0.2, 0.25) is 0 Å². The molecule has 32 heavy (non-hydrogen) atoms. The number of halogens is 1. The summed E-state index contributed by atoms with van der Waals surface area (Å²) in [7, 11) is 1.59. The second-order valence-corrected chi connectivity index (χ2v) is 8.56. The van der Waals surface area contributed by atoms with Crippen LogP contribution < -0.4 is 14.8 Å². The molecule has 1 amide bonds. The average molecular weight is 465 g/mol. The molecule has 162 valence electrons. The SMILES string of the molecule is COc1cc(/C=C2/SC(=Nc3ccccc3Cl)NC2=O)ccc1OCc1cccc(C)c1. The van der Waals surface area contributed by atoms with Crippen LogP contribution in [0.2, 0.25) is 5.02 Å². The minimum Gasteiger partial charge on any atom is -0.493 e. The van der Waals surface area contributed by atoms with E-state index in [9.17, 15) is 4.79 Å². The zero-order valence-electron chi connectivity index (χ0n) is 17.6. The largest absolute Gasteiger partial charge is 0.493 e. The van der Waals surface area contributed by atoms with Gasteiger partial charge in [0.1, 0.15) is 6.61 Å². The monoisotopic (exact) mass is 464 g/mol. The van der Waals surface area contributed by atoms with Crippen LogP contribution in [0.3, 0.4) is 0 Å². The maximum atomic E-state index is 12.4. The zero-order valence-corrected chi connectivity index (χ0v) is 19.2. The first-order valence-corrected chi connectivity index (χ1v) is 11.1. The molecule has 0 bridgehead atoms. The van der Waals surface area contributed by atoms with Gasteiger partial charge in [0.15, 0.2) is 16.7 Å². The first-order chi connectivity index (χ1) is 15.5. The molecule has 1 heterocycles. The quantitative estimate of drug-likeness (QED) is 0.446. The summed E-state index contributed by atoms with van der Waals surface area (Å²) in [6, 6.07) is 21.0. The number of nitrogens with zero attached hydrogens (tertiary/aromatic N) is 1. The fourth-order valence-electron chi connectivity index (χ4n) is 3.14. The van der Waals surface area contributed by atoms with E-state index >= 15 is 0 Å². The van der Waals surface area contributed by atoms with Crippen LogP contribution in [0.4, 0.5) is 5.69 Å². The molecule has 3 aromatic rings. The summed E-state index contributed by atoms with van der Waals surface area (Å²) >= 11 is 7.42. The number of aliphatic imine (C=N–C) groups is 1. The Morgan fingerprint density at radius 3 is 2.69 bits per heavy atom. The van der Waals surface area contributed by atoms with Crippen LogP contribution >= 0.6 is 23.4 Å². The van der Waals surface area contributed by atoms with Crippen molar-refractivity contribution in [3.63, 3.8) is 0 Å². The Labute approximate surface area is 196 Å². The van der Waals surface area contributed by atoms with Crippen molar-refractivity contribution in [3.8, 4) is 11.5 Å². The van der Waals surface area contributed by atoms with Crippen LogP contribution in [-0.2, 0) is 11.4 Å². The lowest BCUT2D eigenvalue weighted by Gasteiger charge is -2.12. The number of hydrogen-bond acceptors (Lipinski definition) is 5. The lowest BCUT2D eigenvalue weighted by atomic mass is 10.1. The van der Waals surface area contributed by atoms with Gasteiger partial charge in [-0.1, -0.05) is 59.6 Å². The highest BCUT2D eigenvalue weighted by Gasteiger charge is 2.24. The molecular formula is C25H21ClN2O3S. The number of methoxy groups -OCH3 is 1. The Hall–Kier alpha value is -3.22. The van der Waals surface area contributed by atoms with E-state index in [1.54, 1.807) is 25.3 Å². The number of rotatable bonds is 6. The maximum Gasteiger partial charge on any atom is 0.264 e. The van der Waals surface area contributed by atoms with Gasteiger partial charge >= 0.3 is 0 Å². The Balaban J connectivity index is 1.50. The third-order valence-electron chi connectivity index (χ3n) is 4.69. The summed E-state index contributed by atoms with van der Waals surface area (Å²) in [5, 5.41) is 3.79. The molecule has 1 N–H and O–H groups in total. The highest BCUT2D eigenvalue weighted by Crippen LogP contribution is 2.33. The van der Waals surface area contributed by atoms with Crippen molar-refractivity contribution >= 4 is 46.2 Å². The number of carbonyl (C=O) groups is 1. The smallest absolute Gasteiger partial charge is 0.264 e. The van der Waals surface area contributed by atoms with Crippen LogP contribution in [-0.4, -0.2) is 18.2 Å². The Kier molecular flexibility index (Phi) is 6.83. The van der Waals surface area contributed by atoms with Gasteiger partial charge in [-0.05, 0) is 60.2 Å². The fraction of sp³-hybridized carbons (Fsp3) is 0.120. The minimum absolute atomic E-state index is 0.209. The molecule has 0 saturated carbocycles. The summed E-state index contributed by atoms with van der Waals surface area (Å²) in [4.78, 5) is 17.4. The number of aryl methyl sites for hydroxylation is 1. The predicted octanol–water partition coefficient (Wildman–Crippen LogP) is 6.13. The Morgan fingerprint density at radius 2 is 1.91 bits per heavy atom. The number of carbonyl (C=O) groups excluding carboxylic acids is 1. The summed E-state index contributed by atoms with van der Waals surface area (Å²) in [6.45, 7) is 2.49. The van der Waals surface area contributed by atoms with Crippen LogP contribution in [0.15, 0.2) is 76.6 Å². The van der Waals surface area contributed by atoms with Crippen LogP contribution in [0.5, 0.6) is 11.5 Å². The molecule has 1 saturated heterocycles. The van der Waals surface area contributed by atoms with Gasteiger partial charge in [-0.15, -0.1) is 0 Å². The second kappa shape index (κ2) is 9.94. The van der Waals surface area contributed by atoms with Crippen molar-refractivity contribution in [2.45, 2.75) is 13.5 Å². The van der Waals surface area contributed by atoms with Crippen molar-refractivity contribution < 1.29 is 14.3 Å². The molecule has 1 aliphatic heterocycles. The number of amides is 1. The zero-order chi connectivity index (χ0) is 22.5. The molecule has 0 aromatic heterocycles. The maximum absolute atomic E-state index is 12.4. The molecule has 7 heteroatoms. The summed E-state index contributed by atoms with van der Waals surface area (Å²) in [5.41, 5.74) is 3.70. The van der Waals surface area contributed by atoms with Crippen molar-refractivity contribution in [2.75, 3.05) is 7.11 Å². The molecule has 0 radical (unpaired) electrons. The Bertz CT molecular complexity index is 1220. The van der Waals surface area contributed by atoms with Gasteiger partial charge in [0.25, 0.3) is 5.91 Å². The van der Waals surface area contributed by atoms with Gasteiger partial charge in [-0.3, -0.25) is 4.79 Å². The van der Waals surface area contributed by atoms with Crippen molar-refractivity contribution in [3.05, 3.63) is 93.3 Å². The van der Waals surface area contributed by atoms with E-state index in [4.69, 9.17) is 21.1 Å². The van der Waals surface area contributed by atoms with E-state index in [1.807, 2.05) is 55.5 Å². The van der Waals surface area contributed by atoms with Gasteiger partial charge in [-0.2, -0.15) is 0 Å². The first-order valence-electron chi connectivity index (χ1n) is 9.92. The average Bonchev–Trinajstić information content (AvgIpc) is 3.13. The van der Waals surface area contributed by atoms with Gasteiger partial charge < -0.3 is 14.8 Å². The van der Waals surface area contributed by atoms with E-state index in [1.165, 1.54) is 17.3 Å². The van der Waals surface area contributed by atoms with E-state index in [0.29, 0.717) is 38.9 Å². The highest BCUT2D eigenvalue weighted by atomic mass is 35.5. The number of hydrogen-bond donors (Lipinski definition) is 1. The third-order valence-corrected chi connectivity index (χ3v) is 5.92. The molecule has 0 spiro atoms. The topological polar surface area (TPSA) is 59.9 Å². The normalized spacial score (nSPS) is 15.8. The van der Waals surface area contributed by atoms with Gasteiger partial charge in [0, 0.05) is 0 Å². The Morgan fingerprint density at radius 1 is 1.06 bits per heavy atom. The second-order valence-electron chi connectivity index (χ2n) is 7.12. The molecule has 0 atom stereocenters. The highest BCUT2D eigenvalue weighted by molar-refractivity contribution is 8.18. The number of nitrogens with one attached hydrogen (secondary N) is 1. The van der Waals surface area contributed by atoms with Crippen molar-refractivity contribution in [1.29, 1.82) is 0 Å². The van der Waals surface area contributed by atoms with Gasteiger partial charge in [-0.25, -0.2) is 4.99 Å².